The van der Waals surface area contributed by atoms with Crippen LogP contribution in [-0.4, -0.2) is 103 Å². The molecule has 3 rings (SSSR count). The highest BCUT2D eigenvalue weighted by Gasteiger charge is 2.47. The number of anilines is 1. The second kappa shape index (κ2) is 40.8. The Morgan fingerprint density at radius 3 is 1.84 bits per heavy atom. The van der Waals surface area contributed by atoms with Gasteiger partial charge in [-0.15, -0.1) is 0 Å². The summed E-state index contributed by atoms with van der Waals surface area (Å²) in [5, 5.41) is 26.6. The lowest BCUT2D eigenvalue weighted by molar-refractivity contribution is -0.347. The SMILES string of the molecule is CCCCC/C=C\C/C=C\C/C=C\C/C=C\CCCCCCCCCCCCCCCCCC(=O)SCCNC(=O)CCNC(=O)[C@H](O)C(C)(C)COP(=O)([O-])OP(=O)([O-])OC[C@H]1O[C@@H](n2cnc3c(N)ncnc32)[C@H](O)[C@@H]1OP(=O)([O-])[O-]. The highest BCUT2D eigenvalue weighted by molar-refractivity contribution is 8.13. The molecule has 0 bridgehead atoms. The molecule has 83 heavy (non-hydrogen) atoms. The molecule has 1 aliphatic rings. The van der Waals surface area contributed by atoms with Gasteiger partial charge in [0.1, 0.15) is 36.3 Å². The quantitative estimate of drug-likeness (QED) is 0.0240. The molecule has 0 radical (unpaired) electrons. The number of nitrogens with zero attached hydrogens (tertiary/aromatic N) is 4. The minimum absolute atomic E-state index is 0.0184. The van der Waals surface area contributed by atoms with E-state index in [-0.39, 0.29) is 41.6 Å². The summed E-state index contributed by atoms with van der Waals surface area (Å²) in [5.41, 5.74) is 4.10. The zero-order valence-electron chi connectivity index (χ0n) is 48.5. The molecule has 1 fully saturated rings. The van der Waals surface area contributed by atoms with Gasteiger partial charge in [-0.3, -0.25) is 28.1 Å². The Morgan fingerprint density at radius 1 is 0.747 bits per heavy atom. The molecule has 472 valence electrons. The van der Waals surface area contributed by atoms with Gasteiger partial charge in [-0.1, -0.05) is 177 Å². The molecular weight excluding hydrogens is 1160 g/mol. The van der Waals surface area contributed by atoms with E-state index in [0.29, 0.717) is 12.2 Å². The van der Waals surface area contributed by atoms with Gasteiger partial charge in [-0.25, -0.2) is 19.3 Å². The van der Waals surface area contributed by atoms with Crippen molar-refractivity contribution < 1.29 is 80.5 Å². The van der Waals surface area contributed by atoms with Crippen molar-refractivity contribution in [1.29, 1.82) is 0 Å². The number of nitrogens with one attached hydrogen (secondary N) is 2. The molecule has 6 N–H and O–H groups in total. The van der Waals surface area contributed by atoms with Gasteiger partial charge >= 0.3 is 0 Å². The summed E-state index contributed by atoms with van der Waals surface area (Å²) in [6.07, 6.45) is 38.8. The predicted molar refractivity (Wildman–Crippen MR) is 311 cm³/mol. The number of hydrogen-bond donors (Lipinski definition) is 5. The van der Waals surface area contributed by atoms with Crippen molar-refractivity contribution in [1.82, 2.24) is 30.2 Å². The Hall–Kier alpha value is -3.48. The molecule has 1 saturated heterocycles. The van der Waals surface area contributed by atoms with Crippen LogP contribution in [0.3, 0.4) is 0 Å². The van der Waals surface area contributed by atoms with E-state index in [2.05, 4.69) is 99.0 Å². The fraction of sp³-hybridized carbons (Fsp3) is 0.709. The van der Waals surface area contributed by atoms with Crippen LogP contribution in [0.5, 0.6) is 0 Å². The van der Waals surface area contributed by atoms with Crippen LogP contribution in [0.1, 0.15) is 188 Å². The highest BCUT2D eigenvalue weighted by Crippen LogP contribution is 2.56. The predicted octanol–water partition coefficient (Wildman–Crippen LogP) is 7.74. The lowest BCUT2D eigenvalue weighted by atomic mass is 9.87. The van der Waals surface area contributed by atoms with Crippen LogP contribution in [-0.2, 0) is 50.7 Å². The first-order valence-electron chi connectivity index (χ1n) is 29.1. The zero-order chi connectivity index (χ0) is 61.0. The van der Waals surface area contributed by atoms with E-state index in [0.717, 1.165) is 67.5 Å². The van der Waals surface area contributed by atoms with Crippen molar-refractivity contribution in [3.05, 3.63) is 61.3 Å². The highest BCUT2D eigenvalue weighted by atomic mass is 32.2. The van der Waals surface area contributed by atoms with Gasteiger partial charge in [-0.05, 0) is 51.4 Å². The number of allylic oxidation sites excluding steroid dienone is 8. The number of carbonyl (C=O) groups excluding carboxylic acids is 3. The number of unbranched alkanes of at least 4 members (excludes halogenated alkanes) is 18. The minimum atomic E-state index is -5.93. The van der Waals surface area contributed by atoms with E-state index in [1.165, 1.54) is 123 Å². The van der Waals surface area contributed by atoms with E-state index in [9.17, 15) is 57.9 Å². The van der Waals surface area contributed by atoms with Crippen molar-refractivity contribution in [2.75, 3.05) is 37.8 Å². The Labute approximate surface area is 494 Å². The Kier molecular flexibility index (Phi) is 36.3. The van der Waals surface area contributed by atoms with Crippen LogP contribution in [0.15, 0.2) is 61.3 Å². The molecular formula is C55H90N7O17P3S-4. The fourth-order valence-corrected chi connectivity index (χ4v) is 12.2. The number of amides is 2. The molecule has 2 unspecified atom stereocenters. The third-order valence-corrected chi connectivity index (χ3v) is 17.4. The van der Waals surface area contributed by atoms with Gasteiger partial charge in [0.2, 0.25) is 11.8 Å². The van der Waals surface area contributed by atoms with Crippen molar-refractivity contribution in [2.45, 2.75) is 212 Å². The molecule has 0 spiro atoms. The molecule has 2 aromatic rings. The number of nitrogens with two attached hydrogens (primary N) is 1. The van der Waals surface area contributed by atoms with Crippen molar-refractivity contribution >= 4 is 69.1 Å². The van der Waals surface area contributed by atoms with Gasteiger partial charge in [-0.2, -0.15) is 0 Å². The Morgan fingerprint density at radius 2 is 1.28 bits per heavy atom. The Bertz CT molecular complexity index is 2480. The smallest absolute Gasteiger partial charge is 0.274 e. The first-order valence-corrected chi connectivity index (χ1v) is 34.5. The van der Waals surface area contributed by atoms with Crippen LogP contribution < -0.4 is 35.9 Å². The summed E-state index contributed by atoms with van der Waals surface area (Å²) < 4.78 is 61.0. The van der Waals surface area contributed by atoms with Crippen molar-refractivity contribution in [3.8, 4) is 0 Å². The minimum Gasteiger partial charge on any atom is -0.790 e. The van der Waals surface area contributed by atoms with Crippen LogP contribution in [0.2, 0.25) is 0 Å². The molecule has 28 heteroatoms. The molecule has 0 aromatic carbocycles. The number of aliphatic hydroxyl groups is 2. The average Bonchev–Trinajstić information content (AvgIpc) is 2.22. The number of aromatic nitrogens is 4. The van der Waals surface area contributed by atoms with Gasteiger partial charge in [0.25, 0.3) is 15.6 Å². The van der Waals surface area contributed by atoms with Crippen molar-refractivity contribution in [3.63, 3.8) is 0 Å². The number of rotatable bonds is 47. The summed E-state index contributed by atoms with van der Waals surface area (Å²) in [4.78, 5) is 97.3. The average molecular weight is 1250 g/mol. The van der Waals surface area contributed by atoms with Crippen LogP contribution >= 0.6 is 35.2 Å². The summed E-state index contributed by atoms with van der Waals surface area (Å²) in [6, 6.07) is 0. The number of carbonyl (C=O) groups is 3. The number of fused-ring (bicyclic) bond motifs is 1. The van der Waals surface area contributed by atoms with E-state index >= 15 is 0 Å². The summed E-state index contributed by atoms with van der Waals surface area (Å²) in [5.74, 6) is -1.13. The largest absolute Gasteiger partial charge is 0.790 e. The number of phosphoric acid groups is 3. The zero-order valence-corrected chi connectivity index (χ0v) is 52.0. The van der Waals surface area contributed by atoms with Gasteiger partial charge in [0, 0.05) is 37.1 Å². The molecule has 24 nitrogen and oxygen atoms in total. The van der Waals surface area contributed by atoms with Crippen molar-refractivity contribution in [2.24, 2.45) is 5.41 Å². The van der Waals surface area contributed by atoms with E-state index < -0.39 is 84.6 Å². The standard InChI is InChI=1S/C55H94N7O17P3S/c1-4-5-6-7-8-9-10-11-12-13-14-15-16-17-18-19-20-21-22-23-24-25-26-27-28-29-30-31-32-33-34-35-46(64)83-39-38-57-45(63)36-37-58-53(67)50(66)55(2,3)41-76-82(73,74)79-81(71,72)75-40-44-49(78-80(68,69)70)48(65)54(77-44)62-43-61-47-51(56)59-42-60-52(47)62/h8-9,11-12,14-15,17-18,42-44,48-50,54,65-66H,4-7,10,13,16,19-41H2,1-3H3,(H,57,63)(H,58,67)(H,71,72)(H,73,74)(H2,56,59,60)(H2,68,69,70)/p-4/b9-8-,12-11-,15-14-,18-17-/t44-,48-,49-,50+,54-/m1/s1. The number of ether oxygens (including phenoxy) is 1. The molecule has 3 heterocycles. The first kappa shape index (κ1) is 73.8. The topological polar surface area (TPSA) is 375 Å². The number of aliphatic hydroxyl groups excluding tert-OH is 2. The van der Waals surface area contributed by atoms with Gasteiger partial charge in [0.15, 0.2) is 22.8 Å². The normalized spacial score (nSPS) is 18.9. The molecule has 7 atom stereocenters. The lowest BCUT2D eigenvalue weighted by Gasteiger charge is -2.36. The second-order valence-electron chi connectivity index (χ2n) is 21.1. The molecule has 2 aromatic heterocycles. The maximum Gasteiger partial charge on any atom is 0.274 e. The van der Waals surface area contributed by atoms with Gasteiger partial charge in [0.05, 0.1) is 27.4 Å². The van der Waals surface area contributed by atoms with E-state index in [1.807, 2.05) is 0 Å². The Balaban J connectivity index is 1.14. The summed E-state index contributed by atoms with van der Waals surface area (Å²) in [6.45, 7) is 2.41. The number of imidazole rings is 1. The number of hydrogen-bond acceptors (Lipinski definition) is 22. The maximum absolute atomic E-state index is 12.7. The lowest BCUT2D eigenvalue weighted by Crippen LogP contribution is -2.46. The summed E-state index contributed by atoms with van der Waals surface area (Å²) in [7, 11) is -17.6. The third kappa shape index (κ3) is 32.2. The molecule has 0 saturated carbocycles. The van der Waals surface area contributed by atoms with E-state index in [4.69, 9.17) is 10.5 Å². The summed E-state index contributed by atoms with van der Waals surface area (Å²) >= 11 is 1.15. The number of thioether (sulfide) groups is 1. The molecule has 1 aliphatic heterocycles. The van der Waals surface area contributed by atoms with Crippen LogP contribution in [0.4, 0.5) is 5.82 Å². The molecule has 2 amide bonds. The molecule has 0 aliphatic carbocycles. The second-order valence-corrected chi connectivity index (χ2v) is 26.4. The number of nitrogen functional groups attached to an aromatic ring is 1. The van der Waals surface area contributed by atoms with Crippen LogP contribution in [0, 0.1) is 5.41 Å². The van der Waals surface area contributed by atoms with E-state index in [1.54, 1.807) is 0 Å². The maximum atomic E-state index is 12.7. The fourth-order valence-electron chi connectivity index (χ4n) is 8.73. The van der Waals surface area contributed by atoms with Crippen LogP contribution in [0.25, 0.3) is 11.2 Å². The number of phosphoric ester groups is 3. The first-order chi connectivity index (χ1) is 39.6. The van der Waals surface area contributed by atoms with Gasteiger partial charge < -0.3 is 69.0 Å². The third-order valence-electron chi connectivity index (χ3n) is 13.4. The monoisotopic (exact) mass is 1250 g/mol.